The first-order valence-corrected chi connectivity index (χ1v) is 6.57. The van der Waals surface area contributed by atoms with E-state index < -0.39 is 5.97 Å². The quantitative estimate of drug-likeness (QED) is 0.769. The van der Waals surface area contributed by atoms with Crippen molar-refractivity contribution in [1.82, 2.24) is 9.97 Å². The number of aromatic nitrogens is 2. The van der Waals surface area contributed by atoms with Gasteiger partial charge in [-0.2, -0.15) is 0 Å². The molecule has 0 bridgehead atoms. The molecule has 110 valence electrons. The summed E-state index contributed by atoms with van der Waals surface area (Å²) in [5.74, 6) is 0.294. The van der Waals surface area contributed by atoms with Crippen molar-refractivity contribution in [1.29, 1.82) is 0 Å². The molecule has 2 N–H and O–H groups in total. The highest BCUT2D eigenvalue weighted by molar-refractivity contribution is 5.97. The number of carbonyl (C=O) groups is 1. The number of aromatic carboxylic acids is 1. The Labute approximate surface area is 126 Å². The van der Waals surface area contributed by atoms with Gasteiger partial charge in [0.05, 0.1) is 23.9 Å². The van der Waals surface area contributed by atoms with E-state index in [-0.39, 0.29) is 5.56 Å². The van der Waals surface area contributed by atoms with E-state index in [2.05, 4.69) is 15.3 Å². The summed E-state index contributed by atoms with van der Waals surface area (Å²) in [5.41, 5.74) is 1.52. The second-order valence-corrected chi connectivity index (χ2v) is 4.58. The van der Waals surface area contributed by atoms with Crippen LogP contribution in [0, 0.1) is 0 Å². The van der Waals surface area contributed by atoms with Crippen LogP contribution < -0.4 is 10.1 Å². The van der Waals surface area contributed by atoms with Crippen molar-refractivity contribution in [3.05, 3.63) is 54.4 Å². The fourth-order valence-electron chi connectivity index (χ4n) is 2.17. The molecular weight excluding hydrogens is 282 g/mol. The van der Waals surface area contributed by atoms with Gasteiger partial charge in [-0.1, -0.05) is 12.1 Å². The molecule has 1 heterocycles. The molecule has 0 aliphatic rings. The molecule has 0 fully saturated rings. The van der Waals surface area contributed by atoms with E-state index >= 15 is 0 Å². The zero-order valence-electron chi connectivity index (χ0n) is 11.8. The van der Waals surface area contributed by atoms with Crippen molar-refractivity contribution in [3.63, 3.8) is 0 Å². The van der Waals surface area contributed by atoms with Gasteiger partial charge in [-0.15, -0.1) is 0 Å². The van der Waals surface area contributed by atoms with Crippen LogP contribution in [0.3, 0.4) is 0 Å². The molecule has 6 heteroatoms. The third-order valence-corrected chi connectivity index (χ3v) is 3.24. The molecule has 0 saturated heterocycles. The van der Waals surface area contributed by atoms with Gasteiger partial charge in [0.15, 0.2) is 0 Å². The first-order chi connectivity index (χ1) is 10.7. The number of nitrogens with zero attached hydrogens (tertiary/aromatic N) is 2. The number of rotatable bonds is 4. The number of carboxylic acids is 1. The molecule has 0 spiro atoms. The predicted molar refractivity (Wildman–Crippen MR) is 82.8 cm³/mol. The van der Waals surface area contributed by atoms with Crippen LogP contribution in [0.15, 0.2) is 48.8 Å². The van der Waals surface area contributed by atoms with E-state index in [1.165, 1.54) is 18.5 Å². The Balaban J connectivity index is 2.06. The van der Waals surface area contributed by atoms with Crippen LogP contribution in [0.5, 0.6) is 5.75 Å². The number of carboxylic acid groups (broad SMARTS) is 1. The molecular formula is C16H13N3O3. The standard InChI is InChI=1S/C16H13N3O3/c1-22-14-5-3-2-4-12(14)19-15-11-7-6-10(16(20)21)8-13(11)17-9-18-15/h2-9H,1H3,(H,20,21)(H,17,18,19). The highest BCUT2D eigenvalue weighted by atomic mass is 16.5. The highest BCUT2D eigenvalue weighted by Gasteiger charge is 2.10. The Morgan fingerprint density at radius 1 is 1.18 bits per heavy atom. The molecule has 0 amide bonds. The lowest BCUT2D eigenvalue weighted by Crippen LogP contribution is -2.00. The number of ether oxygens (including phenoxy) is 1. The van der Waals surface area contributed by atoms with E-state index in [1.807, 2.05) is 24.3 Å². The zero-order valence-corrected chi connectivity index (χ0v) is 11.8. The topological polar surface area (TPSA) is 84.3 Å². The van der Waals surface area contributed by atoms with E-state index in [9.17, 15) is 4.79 Å². The molecule has 22 heavy (non-hydrogen) atoms. The maximum atomic E-state index is 11.0. The first-order valence-electron chi connectivity index (χ1n) is 6.57. The van der Waals surface area contributed by atoms with Gasteiger partial charge in [-0.25, -0.2) is 14.8 Å². The molecule has 0 aliphatic carbocycles. The number of anilines is 2. The number of fused-ring (bicyclic) bond motifs is 1. The second-order valence-electron chi connectivity index (χ2n) is 4.58. The van der Waals surface area contributed by atoms with Crippen LogP contribution in [0.1, 0.15) is 10.4 Å². The minimum Gasteiger partial charge on any atom is -0.495 e. The molecule has 0 aliphatic heterocycles. The summed E-state index contributed by atoms with van der Waals surface area (Å²) in [6, 6.07) is 12.2. The fraction of sp³-hybridized carbons (Fsp3) is 0.0625. The number of methoxy groups -OCH3 is 1. The van der Waals surface area contributed by atoms with Crippen LogP contribution in [-0.4, -0.2) is 28.2 Å². The molecule has 1 aromatic heterocycles. The summed E-state index contributed by atoms with van der Waals surface area (Å²) in [7, 11) is 1.59. The van der Waals surface area contributed by atoms with Crippen molar-refractivity contribution in [2.75, 3.05) is 12.4 Å². The average Bonchev–Trinajstić information content (AvgIpc) is 2.55. The fourth-order valence-corrected chi connectivity index (χ4v) is 2.17. The van der Waals surface area contributed by atoms with Crippen LogP contribution in [0.4, 0.5) is 11.5 Å². The van der Waals surface area contributed by atoms with Gasteiger partial charge in [-0.3, -0.25) is 0 Å². The summed E-state index contributed by atoms with van der Waals surface area (Å²) in [5, 5.41) is 13.0. The number of hydrogen-bond donors (Lipinski definition) is 2. The van der Waals surface area contributed by atoms with Crippen molar-refractivity contribution in [2.45, 2.75) is 0 Å². The van der Waals surface area contributed by atoms with Gasteiger partial charge in [-0.05, 0) is 30.3 Å². The van der Waals surface area contributed by atoms with Gasteiger partial charge in [0.2, 0.25) is 0 Å². The van der Waals surface area contributed by atoms with Crippen molar-refractivity contribution < 1.29 is 14.6 Å². The first kappa shape index (κ1) is 13.8. The third-order valence-electron chi connectivity index (χ3n) is 3.24. The van der Waals surface area contributed by atoms with E-state index in [4.69, 9.17) is 9.84 Å². The molecule has 0 unspecified atom stereocenters. The Hall–Kier alpha value is -3.15. The zero-order chi connectivity index (χ0) is 15.5. The summed E-state index contributed by atoms with van der Waals surface area (Å²) in [6.45, 7) is 0. The van der Waals surface area contributed by atoms with Gasteiger partial charge in [0.1, 0.15) is 17.9 Å². The Kier molecular flexibility index (Phi) is 3.57. The molecule has 0 radical (unpaired) electrons. The lowest BCUT2D eigenvalue weighted by Gasteiger charge is -2.11. The highest BCUT2D eigenvalue weighted by Crippen LogP contribution is 2.29. The van der Waals surface area contributed by atoms with Crippen LogP contribution >= 0.6 is 0 Å². The largest absolute Gasteiger partial charge is 0.495 e. The van der Waals surface area contributed by atoms with E-state index in [0.29, 0.717) is 17.1 Å². The normalized spacial score (nSPS) is 10.4. The lowest BCUT2D eigenvalue weighted by molar-refractivity contribution is 0.0697. The lowest BCUT2D eigenvalue weighted by atomic mass is 10.1. The van der Waals surface area contributed by atoms with Crippen LogP contribution in [0.25, 0.3) is 10.9 Å². The monoisotopic (exact) mass is 295 g/mol. The molecule has 2 aromatic carbocycles. The van der Waals surface area contributed by atoms with Gasteiger partial charge in [0.25, 0.3) is 0 Å². The van der Waals surface area contributed by atoms with E-state index in [1.54, 1.807) is 13.2 Å². The SMILES string of the molecule is COc1ccccc1Nc1ncnc2cc(C(=O)O)ccc12. The van der Waals surface area contributed by atoms with Crippen molar-refractivity contribution in [2.24, 2.45) is 0 Å². The van der Waals surface area contributed by atoms with Gasteiger partial charge >= 0.3 is 5.97 Å². The van der Waals surface area contributed by atoms with E-state index in [0.717, 1.165) is 11.1 Å². The minimum absolute atomic E-state index is 0.189. The number of benzene rings is 2. The number of nitrogens with one attached hydrogen (secondary N) is 1. The Bertz CT molecular complexity index is 849. The summed E-state index contributed by atoms with van der Waals surface area (Å²) < 4.78 is 5.30. The third kappa shape index (κ3) is 2.54. The van der Waals surface area contributed by atoms with Gasteiger partial charge < -0.3 is 15.2 Å². The second kappa shape index (κ2) is 5.69. The minimum atomic E-state index is -0.986. The smallest absolute Gasteiger partial charge is 0.335 e. The summed E-state index contributed by atoms with van der Waals surface area (Å²) in [4.78, 5) is 19.4. The Morgan fingerprint density at radius 2 is 2.00 bits per heavy atom. The predicted octanol–water partition coefficient (Wildman–Crippen LogP) is 3.08. The molecule has 0 saturated carbocycles. The molecule has 3 rings (SSSR count). The summed E-state index contributed by atoms with van der Waals surface area (Å²) in [6.07, 6.45) is 1.39. The Morgan fingerprint density at radius 3 is 2.77 bits per heavy atom. The maximum absolute atomic E-state index is 11.0. The maximum Gasteiger partial charge on any atom is 0.335 e. The van der Waals surface area contributed by atoms with Crippen LogP contribution in [-0.2, 0) is 0 Å². The molecule has 6 nitrogen and oxygen atoms in total. The number of para-hydroxylation sites is 2. The summed E-state index contributed by atoms with van der Waals surface area (Å²) >= 11 is 0. The molecule has 0 atom stereocenters. The van der Waals surface area contributed by atoms with Gasteiger partial charge in [0, 0.05) is 5.39 Å². The van der Waals surface area contributed by atoms with Crippen LogP contribution in [0.2, 0.25) is 0 Å². The average molecular weight is 295 g/mol. The van der Waals surface area contributed by atoms with Crippen molar-refractivity contribution in [3.8, 4) is 5.75 Å². The molecule has 3 aromatic rings. The number of hydrogen-bond acceptors (Lipinski definition) is 5. The van der Waals surface area contributed by atoms with Crippen molar-refractivity contribution >= 4 is 28.4 Å².